The van der Waals surface area contributed by atoms with Gasteiger partial charge in [0.05, 0.1) is 5.56 Å². The number of phenols is 1. The zero-order valence-electron chi connectivity index (χ0n) is 6.25. The third kappa shape index (κ3) is 1.41. The van der Waals surface area contributed by atoms with Gasteiger partial charge in [0.2, 0.25) is 0 Å². The molecule has 0 heterocycles. The van der Waals surface area contributed by atoms with Crippen LogP contribution in [0.4, 0.5) is 0 Å². The van der Waals surface area contributed by atoms with Crippen LogP contribution in [0.5, 0.6) is 5.75 Å². The molecule has 0 radical (unpaired) electrons. The molecule has 0 atom stereocenters. The van der Waals surface area contributed by atoms with E-state index >= 15 is 0 Å². The molecule has 0 saturated heterocycles. The van der Waals surface area contributed by atoms with Crippen LogP contribution in [0, 0.1) is 0 Å². The number of aldehydes is 1. The van der Waals surface area contributed by atoms with Gasteiger partial charge in [0.1, 0.15) is 5.75 Å². The van der Waals surface area contributed by atoms with Crippen LogP contribution in [0.25, 0.3) is 6.08 Å². The largest absolute Gasteiger partial charge is 0.507 e. The van der Waals surface area contributed by atoms with E-state index in [0.29, 0.717) is 11.8 Å². The molecule has 0 aromatic heterocycles. The minimum atomic E-state index is -0.0249. The number of halogens is 1. The van der Waals surface area contributed by atoms with Crippen molar-refractivity contribution in [3.8, 4) is 5.75 Å². The smallest absolute Gasteiger partial charge is 0.154 e. The maximum absolute atomic E-state index is 10.5. The molecule has 62 valence electrons. The van der Waals surface area contributed by atoms with Gasteiger partial charge in [-0.15, -0.1) is 0 Å². The topological polar surface area (TPSA) is 37.3 Å². The minimum Gasteiger partial charge on any atom is -0.507 e. The fourth-order valence-corrected chi connectivity index (χ4v) is 1.44. The first-order chi connectivity index (χ1) is 5.70. The van der Waals surface area contributed by atoms with Gasteiger partial charge in [-0.2, -0.15) is 0 Å². The fourth-order valence-electron chi connectivity index (χ4n) is 0.930. The summed E-state index contributed by atoms with van der Waals surface area (Å²) >= 11 is 3.24. The normalized spacial score (nSPS) is 9.42. The van der Waals surface area contributed by atoms with Gasteiger partial charge in [-0.3, -0.25) is 4.79 Å². The molecule has 12 heavy (non-hydrogen) atoms. The summed E-state index contributed by atoms with van der Waals surface area (Å²) in [6, 6.07) is 3.13. The first-order valence-electron chi connectivity index (χ1n) is 3.29. The summed E-state index contributed by atoms with van der Waals surface area (Å²) in [6.45, 7) is 3.54. The summed E-state index contributed by atoms with van der Waals surface area (Å²) in [4.78, 5) is 10.5. The fraction of sp³-hybridized carbons (Fsp3) is 0. The third-order valence-corrected chi connectivity index (χ3v) is 2.22. The van der Waals surface area contributed by atoms with Crippen molar-refractivity contribution in [2.75, 3.05) is 0 Å². The Morgan fingerprint density at radius 2 is 2.08 bits per heavy atom. The molecular formula is C9H7BrO2. The lowest BCUT2D eigenvalue weighted by molar-refractivity contribution is 0.112. The lowest BCUT2D eigenvalue weighted by atomic mass is 10.1. The summed E-state index contributed by atoms with van der Waals surface area (Å²) in [7, 11) is 0. The van der Waals surface area contributed by atoms with Crippen molar-refractivity contribution < 1.29 is 9.90 Å². The van der Waals surface area contributed by atoms with Crippen LogP contribution < -0.4 is 0 Å². The van der Waals surface area contributed by atoms with Crippen molar-refractivity contribution in [2.24, 2.45) is 0 Å². The molecule has 0 amide bonds. The van der Waals surface area contributed by atoms with E-state index in [1.807, 2.05) is 0 Å². The van der Waals surface area contributed by atoms with Gasteiger partial charge < -0.3 is 5.11 Å². The Labute approximate surface area is 78.7 Å². The number of carbonyl (C=O) groups is 1. The number of phenolic OH excluding ortho intramolecular Hbond substituents is 1. The van der Waals surface area contributed by atoms with E-state index in [0.717, 1.165) is 4.47 Å². The van der Waals surface area contributed by atoms with Crippen LogP contribution >= 0.6 is 15.9 Å². The van der Waals surface area contributed by atoms with Gasteiger partial charge in [-0.05, 0) is 12.1 Å². The summed E-state index contributed by atoms with van der Waals surface area (Å²) < 4.78 is 0.748. The van der Waals surface area contributed by atoms with Crippen LogP contribution in [0.1, 0.15) is 15.9 Å². The van der Waals surface area contributed by atoms with Crippen LogP contribution in [0.15, 0.2) is 23.2 Å². The van der Waals surface area contributed by atoms with Crippen molar-refractivity contribution in [1.29, 1.82) is 0 Å². The molecule has 0 bridgehead atoms. The lowest BCUT2D eigenvalue weighted by Gasteiger charge is -2.03. The molecule has 0 aliphatic carbocycles. The third-order valence-electron chi connectivity index (χ3n) is 1.53. The molecule has 1 aromatic rings. The summed E-state index contributed by atoms with van der Waals surface area (Å²) in [5, 5.41) is 9.25. The van der Waals surface area contributed by atoms with Gasteiger partial charge in [0.15, 0.2) is 6.29 Å². The Kier molecular flexibility index (Phi) is 2.65. The Morgan fingerprint density at radius 1 is 1.42 bits per heavy atom. The van der Waals surface area contributed by atoms with E-state index in [4.69, 9.17) is 0 Å². The Bertz CT molecular complexity index is 299. The maximum atomic E-state index is 10.5. The van der Waals surface area contributed by atoms with Crippen LogP contribution in [0.3, 0.4) is 0 Å². The quantitative estimate of drug-likeness (QED) is 0.788. The number of benzene rings is 1. The monoisotopic (exact) mass is 226 g/mol. The Balaban J connectivity index is 3.48. The standard InChI is InChI=1S/C9H7BrO2/c1-2-6-7(5-11)9(12)4-3-8(6)10/h2-5,12H,1H2. The van der Waals surface area contributed by atoms with Crippen molar-refractivity contribution in [3.63, 3.8) is 0 Å². The molecule has 2 nitrogen and oxygen atoms in total. The zero-order chi connectivity index (χ0) is 9.14. The van der Waals surface area contributed by atoms with Gasteiger partial charge >= 0.3 is 0 Å². The first kappa shape index (κ1) is 9.00. The summed E-state index contributed by atoms with van der Waals surface area (Å²) in [5.41, 5.74) is 0.879. The molecule has 0 aliphatic heterocycles. The van der Waals surface area contributed by atoms with Crippen LogP contribution in [-0.4, -0.2) is 11.4 Å². The highest BCUT2D eigenvalue weighted by Crippen LogP contribution is 2.27. The molecule has 1 aromatic carbocycles. The van der Waals surface area contributed by atoms with Gasteiger partial charge in [-0.25, -0.2) is 0 Å². The number of aromatic hydroxyl groups is 1. The van der Waals surface area contributed by atoms with Gasteiger partial charge in [0.25, 0.3) is 0 Å². The van der Waals surface area contributed by atoms with E-state index in [2.05, 4.69) is 22.5 Å². The highest BCUT2D eigenvalue weighted by molar-refractivity contribution is 9.10. The molecule has 0 spiro atoms. The average molecular weight is 227 g/mol. The van der Waals surface area contributed by atoms with E-state index in [1.54, 1.807) is 6.07 Å². The molecule has 0 aliphatic rings. The van der Waals surface area contributed by atoms with E-state index < -0.39 is 0 Å². The van der Waals surface area contributed by atoms with E-state index in [-0.39, 0.29) is 11.3 Å². The Morgan fingerprint density at radius 3 is 2.50 bits per heavy atom. The molecule has 3 heteroatoms. The van der Waals surface area contributed by atoms with Crippen LogP contribution in [0.2, 0.25) is 0 Å². The molecule has 1 rings (SSSR count). The van der Waals surface area contributed by atoms with Gasteiger partial charge in [-0.1, -0.05) is 28.6 Å². The summed E-state index contributed by atoms with van der Waals surface area (Å²) in [6.07, 6.45) is 2.13. The molecule has 1 N–H and O–H groups in total. The predicted octanol–water partition coefficient (Wildman–Crippen LogP) is 2.61. The van der Waals surface area contributed by atoms with Crippen LogP contribution in [-0.2, 0) is 0 Å². The lowest BCUT2D eigenvalue weighted by Crippen LogP contribution is -1.87. The first-order valence-corrected chi connectivity index (χ1v) is 4.09. The second kappa shape index (κ2) is 3.54. The SMILES string of the molecule is C=Cc1c(Br)ccc(O)c1C=O. The minimum absolute atomic E-state index is 0.0249. The van der Waals surface area contributed by atoms with E-state index in [1.165, 1.54) is 12.1 Å². The van der Waals surface area contributed by atoms with Crippen molar-refractivity contribution in [3.05, 3.63) is 34.3 Å². The highest BCUT2D eigenvalue weighted by Gasteiger charge is 2.07. The van der Waals surface area contributed by atoms with Gasteiger partial charge in [0, 0.05) is 10.0 Å². The number of rotatable bonds is 2. The number of hydrogen-bond donors (Lipinski definition) is 1. The Hall–Kier alpha value is -1.09. The van der Waals surface area contributed by atoms with Crippen molar-refractivity contribution in [2.45, 2.75) is 0 Å². The number of carbonyl (C=O) groups excluding carboxylic acids is 1. The highest BCUT2D eigenvalue weighted by atomic mass is 79.9. The average Bonchev–Trinajstić information content (AvgIpc) is 2.08. The molecule has 0 unspecified atom stereocenters. The van der Waals surface area contributed by atoms with Crippen molar-refractivity contribution >= 4 is 28.3 Å². The number of hydrogen-bond acceptors (Lipinski definition) is 2. The molecule has 0 fully saturated rings. The van der Waals surface area contributed by atoms with E-state index in [9.17, 15) is 9.90 Å². The molecular weight excluding hydrogens is 220 g/mol. The predicted molar refractivity (Wildman–Crippen MR) is 51.3 cm³/mol. The maximum Gasteiger partial charge on any atom is 0.154 e. The summed E-state index contributed by atoms with van der Waals surface area (Å²) in [5.74, 6) is -0.0249. The zero-order valence-corrected chi connectivity index (χ0v) is 7.84. The second-order valence-corrected chi connectivity index (χ2v) is 3.07. The van der Waals surface area contributed by atoms with Crippen molar-refractivity contribution in [1.82, 2.24) is 0 Å². The second-order valence-electron chi connectivity index (χ2n) is 2.22. The molecule has 0 saturated carbocycles.